The summed E-state index contributed by atoms with van der Waals surface area (Å²) in [5, 5.41) is 9.20. The van der Waals surface area contributed by atoms with Gasteiger partial charge in [-0.15, -0.1) is 0 Å². The van der Waals surface area contributed by atoms with Gasteiger partial charge in [-0.25, -0.2) is 0 Å². The maximum absolute atomic E-state index is 12.1. The second-order valence-electron chi connectivity index (χ2n) is 4.98. The van der Waals surface area contributed by atoms with Gasteiger partial charge in [0.15, 0.2) is 0 Å². The average Bonchev–Trinajstić information content (AvgIpc) is 2.29. The van der Waals surface area contributed by atoms with Crippen LogP contribution < -0.4 is 0 Å². The van der Waals surface area contributed by atoms with Crippen LogP contribution >= 0.6 is 0 Å². The molecule has 0 saturated carbocycles. The molecule has 0 fully saturated rings. The third-order valence-electron chi connectivity index (χ3n) is 2.49. The minimum Gasteiger partial charge on any atom is -0.325 e. The van der Waals surface area contributed by atoms with Crippen LogP contribution in [0.25, 0.3) is 0 Å². The Bertz CT molecular complexity index is 428. The van der Waals surface area contributed by atoms with Crippen LogP contribution in [0.5, 0.6) is 0 Å². The Hall–Kier alpha value is -1.89. The highest BCUT2D eigenvalue weighted by Gasteiger charge is 2.30. The summed E-state index contributed by atoms with van der Waals surface area (Å²) < 4.78 is 0. The lowest BCUT2D eigenvalue weighted by atomic mass is 9.93. The maximum Gasteiger partial charge on any atom is 0.229 e. The summed E-state index contributed by atoms with van der Waals surface area (Å²) in [6.45, 7) is 5.52. The molecule has 1 rings (SSSR count). The minimum absolute atomic E-state index is 0.0548. The fourth-order valence-corrected chi connectivity index (χ4v) is 1.58. The van der Waals surface area contributed by atoms with Crippen molar-refractivity contribution < 1.29 is 4.79 Å². The first-order chi connectivity index (χ1) is 7.88. The van der Waals surface area contributed by atoms with Gasteiger partial charge in [0, 0.05) is 24.9 Å². The molecule has 4 heteroatoms. The number of pyridine rings is 1. The first-order valence-corrected chi connectivity index (χ1v) is 5.44. The smallest absolute Gasteiger partial charge is 0.229 e. The number of aromatic nitrogens is 1. The average molecular weight is 231 g/mol. The Labute approximate surface area is 102 Å². The van der Waals surface area contributed by atoms with Gasteiger partial charge in [-0.2, -0.15) is 5.26 Å². The molecular weight excluding hydrogens is 214 g/mol. The van der Waals surface area contributed by atoms with Crippen molar-refractivity contribution in [2.45, 2.75) is 26.8 Å². The van der Waals surface area contributed by atoms with Gasteiger partial charge in [0.1, 0.15) is 6.04 Å². The van der Waals surface area contributed by atoms with Crippen LogP contribution in [0.4, 0.5) is 0 Å². The molecule has 0 saturated heterocycles. The molecule has 0 bridgehead atoms. The summed E-state index contributed by atoms with van der Waals surface area (Å²) in [5.74, 6) is -0.0548. The van der Waals surface area contributed by atoms with E-state index in [0.717, 1.165) is 5.56 Å². The van der Waals surface area contributed by atoms with E-state index in [9.17, 15) is 10.1 Å². The van der Waals surface area contributed by atoms with Crippen molar-refractivity contribution in [2.75, 3.05) is 7.05 Å². The maximum atomic E-state index is 12.1. The molecule has 0 aromatic carbocycles. The van der Waals surface area contributed by atoms with E-state index in [1.54, 1.807) is 31.6 Å². The van der Waals surface area contributed by atoms with E-state index in [0.29, 0.717) is 0 Å². The summed E-state index contributed by atoms with van der Waals surface area (Å²) in [6, 6.07) is 5.08. The van der Waals surface area contributed by atoms with Crippen molar-refractivity contribution in [3.63, 3.8) is 0 Å². The van der Waals surface area contributed by atoms with Gasteiger partial charge in [0.25, 0.3) is 0 Å². The lowest BCUT2D eigenvalue weighted by molar-refractivity contribution is -0.139. The molecule has 4 nitrogen and oxygen atoms in total. The Morgan fingerprint density at radius 3 is 2.35 bits per heavy atom. The van der Waals surface area contributed by atoms with Gasteiger partial charge in [-0.05, 0) is 17.7 Å². The largest absolute Gasteiger partial charge is 0.325 e. The van der Waals surface area contributed by atoms with Gasteiger partial charge in [0.2, 0.25) is 5.91 Å². The fraction of sp³-hybridized carbons (Fsp3) is 0.462. The van der Waals surface area contributed by atoms with E-state index in [2.05, 4.69) is 11.1 Å². The Balaban J connectivity index is 2.98. The summed E-state index contributed by atoms with van der Waals surface area (Å²) in [7, 11) is 1.65. The van der Waals surface area contributed by atoms with Crippen molar-refractivity contribution in [1.82, 2.24) is 9.88 Å². The molecular formula is C13H17N3O. The highest BCUT2D eigenvalue weighted by atomic mass is 16.2. The Morgan fingerprint density at radius 2 is 1.94 bits per heavy atom. The normalized spacial score (nSPS) is 12.6. The van der Waals surface area contributed by atoms with Gasteiger partial charge in [-0.1, -0.05) is 20.8 Å². The van der Waals surface area contributed by atoms with E-state index in [4.69, 9.17) is 0 Å². The van der Waals surface area contributed by atoms with Gasteiger partial charge >= 0.3 is 0 Å². The van der Waals surface area contributed by atoms with Crippen LogP contribution in [0.3, 0.4) is 0 Å². The summed E-state index contributed by atoms with van der Waals surface area (Å²) in [4.78, 5) is 17.5. The molecule has 90 valence electrons. The van der Waals surface area contributed by atoms with Crippen molar-refractivity contribution in [3.8, 4) is 6.07 Å². The number of nitriles is 1. The van der Waals surface area contributed by atoms with Crippen LogP contribution in [0.1, 0.15) is 32.4 Å². The zero-order valence-electron chi connectivity index (χ0n) is 10.6. The fourth-order valence-electron chi connectivity index (χ4n) is 1.58. The van der Waals surface area contributed by atoms with Crippen LogP contribution in [-0.2, 0) is 4.79 Å². The summed E-state index contributed by atoms with van der Waals surface area (Å²) in [6.07, 6.45) is 3.24. The van der Waals surface area contributed by atoms with E-state index in [1.165, 1.54) is 4.90 Å². The number of rotatable bonds is 2. The van der Waals surface area contributed by atoms with Crippen LogP contribution in [0.15, 0.2) is 24.5 Å². The second-order valence-corrected chi connectivity index (χ2v) is 4.98. The second kappa shape index (κ2) is 4.96. The number of carbonyl (C=O) groups is 1. The van der Waals surface area contributed by atoms with Gasteiger partial charge in [0.05, 0.1) is 6.07 Å². The summed E-state index contributed by atoms with van der Waals surface area (Å²) in [5.41, 5.74) is 0.291. The zero-order valence-corrected chi connectivity index (χ0v) is 10.6. The van der Waals surface area contributed by atoms with Crippen molar-refractivity contribution in [1.29, 1.82) is 5.26 Å². The quantitative estimate of drug-likeness (QED) is 0.783. The number of nitrogens with zero attached hydrogens (tertiary/aromatic N) is 3. The van der Waals surface area contributed by atoms with E-state index in [-0.39, 0.29) is 5.91 Å². The third kappa shape index (κ3) is 3.04. The lowest BCUT2D eigenvalue weighted by Gasteiger charge is -2.29. The zero-order chi connectivity index (χ0) is 13.1. The monoisotopic (exact) mass is 231 g/mol. The first-order valence-electron chi connectivity index (χ1n) is 5.44. The highest BCUT2D eigenvalue weighted by Crippen LogP contribution is 2.24. The van der Waals surface area contributed by atoms with Crippen molar-refractivity contribution in [3.05, 3.63) is 30.1 Å². The summed E-state index contributed by atoms with van der Waals surface area (Å²) >= 11 is 0. The SMILES string of the molecule is CN(C(=O)C(C)(C)C)C(C#N)c1ccncc1. The van der Waals surface area contributed by atoms with E-state index >= 15 is 0 Å². The molecule has 1 atom stereocenters. The van der Waals surface area contributed by atoms with Crippen LogP contribution in [0.2, 0.25) is 0 Å². The van der Waals surface area contributed by atoms with Crippen molar-refractivity contribution in [2.24, 2.45) is 5.41 Å². The number of carbonyl (C=O) groups excluding carboxylic acids is 1. The third-order valence-corrected chi connectivity index (χ3v) is 2.49. The molecule has 0 radical (unpaired) electrons. The highest BCUT2D eigenvalue weighted by molar-refractivity contribution is 5.82. The first kappa shape index (κ1) is 13.2. The number of amides is 1. The number of hydrogen-bond acceptors (Lipinski definition) is 3. The number of hydrogen-bond donors (Lipinski definition) is 0. The molecule has 1 aromatic heterocycles. The van der Waals surface area contributed by atoms with Crippen molar-refractivity contribution >= 4 is 5.91 Å². The Morgan fingerprint density at radius 1 is 1.41 bits per heavy atom. The molecule has 0 aliphatic rings. The van der Waals surface area contributed by atoms with Gasteiger partial charge < -0.3 is 4.90 Å². The minimum atomic E-state index is -0.565. The van der Waals surface area contributed by atoms with Crippen LogP contribution in [-0.4, -0.2) is 22.8 Å². The molecule has 1 heterocycles. The molecule has 0 aliphatic carbocycles. The lowest BCUT2D eigenvalue weighted by Crippen LogP contribution is -2.38. The molecule has 0 aliphatic heterocycles. The van der Waals surface area contributed by atoms with Crippen LogP contribution in [0, 0.1) is 16.7 Å². The molecule has 1 amide bonds. The molecule has 1 unspecified atom stereocenters. The molecule has 1 aromatic rings. The Kier molecular flexibility index (Phi) is 3.84. The topological polar surface area (TPSA) is 57.0 Å². The predicted octanol–water partition coefficient (Wildman–Crippen LogP) is 2.15. The molecule has 0 N–H and O–H groups in total. The predicted molar refractivity (Wildman–Crippen MR) is 64.8 cm³/mol. The van der Waals surface area contributed by atoms with E-state index in [1.807, 2.05) is 20.8 Å². The van der Waals surface area contributed by atoms with E-state index < -0.39 is 11.5 Å². The molecule has 17 heavy (non-hydrogen) atoms. The molecule has 0 spiro atoms. The van der Waals surface area contributed by atoms with Gasteiger partial charge in [-0.3, -0.25) is 9.78 Å². The standard InChI is InChI=1S/C13H17N3O/c1-13(2,3)12(17)16(4)11(9-14)10-5-7-15-8-6-10/h5-8,11H,1-4H3.